The molecule has 3 heteroatoms. The number of aromatic amines is 1. The second-order valence-electron chi connectivity index (χ2n) is 7.13. The molecule has 0 aliphatic carbocycles. The number of phenols is 1. The minimum absolute atomic E-state index is 0.289. The highest BCUT2D eigenvalue weighted by Crippen LogP contribution is 2.33. The van der Waals surface area contributed by atoms with Crippen LogP contribution in [0.4, 0.5) is 5.69 Å². The molecule has 1 aliphatic heterocycles. The van der Waals surface area contributed by atoms with E-state index in [-0.39, 0.29) is 6.04 Å². The molecule has 3 nitrogen and oxygen atoms in total. The van der Waals surface area contributed by atoms with Gasteiger partial charge in [-0.25, -0.2) is 0 Å². The maximum absolute atomic E-state index is 9.73. The minimum Gasteiger partial charge on any atom is -0.508 e. The molecule has 0 saturated carbocycles. The fraction of sp³-hybridized carbons (Fsp3) is 0.364. The molecule has 0 spiro atoms. The minimum atomic E-state index is 0.289. The number of hydrogen-bond acceptors (Lipinski definition) is 2. The molecule has 3 N–H and O–H groups in total. The lowest BCUT2D eigenvalue weighted by Crippen LogP contribution is -2.11. The Balaban J connectivity index is 1.71. The Morgan fingerprint density at radius 2 is 1.76 bits per heavy atom. The summed E-state index contributed by atoms with van der Waals surface area (Å²) in [6.45, 7) is 0. The van der Waals surface area contributed by atoms with Crippen molar-refractivity contribution >= 4 is 16.6 Å². The summed E-state index contributed by atoms with van der Waals surface area (Å²) in [5, 5.41) is 14.7. The number of anilines is 1. The standard InChI is InChI=1S/C22H26N2O/c25-17-12-13-18-19(15-23-22(18)14-17)21-11-5-3-1-2-4-8-16-9-6-7-10-20(16)24-21/h6-7,9-10,12-15,21,23-25H,1-5,8,11H2. The molecule has 1 atom stereocenters. The summed E-state index contributed by atoms with van der Waals surface area (Å²) in [6, 6.07) is 14.6. The summed E-state index contributed by atoms with van der Waals surface area (Å²) in [5.41, 5.74) is 4.98. The number of nitrogens with one attached hydrogen (secondary N) is 2. The molecular weight excluding hydrogens is 308 g/mol. The van der Waals surface area contributed by atoms with Crippen LogP contribution < -0.4 is 5.32 Å². The number of benzene rings is 2. The van der Waals surface area contributed by atoms with Gasteiger partial charge in [-0.2, -0.15) is 0 Å². The fourth-order valence-electron chi connectivity index (χ4n) is 3.99. The average Bonchev–Trinajstić information content (AvgIpc) is 3.01. The highest BCUT2D eigenvalue weighted by molar-refractivity contribution is 5.85. The zero-order valence-corrected chi connectivity index (χ0v) is 14.6. The van der Waals surface area contributed by atoms with Crippen LogP contribution in [0, 0.1) is 0 Å². The van der Waals surface area contributed by atoms with Crippen molar-refractivity contribution in [3.63, 3.8) is 0 Å². The van der Waals surface area contributed by atoms with Gasteiger partial charge in [0.2, 0.25) is 0 Å². The average molecular weight is 334 g/mol. The Labute approximate surface area is 149 Å². The normalized spacial score (nSPS) is 19.0. The molecule has 2 aromatic carbocycles. The maximum atomic E-state index is 9.73. The lowest BCUT2D eigenvalue weighted by Gasteiger charge is -2.21. The van der Waals surface area contributed by atoms with Crippen molar-refractivity contribution in [2.24, 2.45) is 0 Å². The zero-order valence-electron chi connectivity index (χ0n) is 14.6. The van der Waals surface area contributed by atoms with Gasteiger partial charge in [0.25, 0.3) is 0 Å². The van der Waals surface area contributed by atoms with Crippen molar-refractivity contribution in [3.05, 3.63) is 59.8 Å². The smallest absolute Gasteiger partial charge is 0.117 e. The van der Waals surface area contributed by atoms with Crippen LogP contribution in [0.3, 0.4) is 0 Å². The molecule has 0 radical (unpaired) electrons. The van der Waals surface area contributed by atoms with E-state index < -0.39 is 0 Å². The summed E-state index contributed by atoms with van der Waals surface area (Å²) in [4.78, 5) is 3.33. The first kappa shape index (κ1) is 16.1. The first-order valence-electron chi connectivity index (χ1n) is 9.46. The van der Waals surface area contributed by atoms with Crippen LogP contribution in [0.2, 0.25) is 0 Å². The number of phenolic OH excluding ortho intramolecular Hbond substituents is 1. The third kappa shape index (κ3) is 3.51. The third-order valence-electron chi connectivity index (χ3n) is 5.36. The SMILES string of the molecule is Oc1ccc2c(C3CCCCCCCc4ccccc4N3)c[nH]c2c1. The van der Waals surface area contributed by atoms with E-state index >= 15 is 0 Å². The highest BCUT2D eigenvalue weighted by atomic mass is 16.3. The monoisotopic (exact) mass is 334 g/mol. The topological polar surface area (TPSA) is 48.0 Å². The summed E-state index contributed by atoms with van der Waals surface area (Å²) < 4.78 is 0. The zero-order chi connectivity index (χ0) is 17.1. The molecule has 0 amide bonds. The first-order chi connectivity index (χ1) is 12.3. The fourth-order valence-corrected chi connectivity index (χ4v) is 3.99. The molecule has 1 aromatic heterocycles. The Morgan fingerprint density at radius 3 is 2.72 bits per heavy atom. The number of aromatic hydroxyl groups is 1. The molecule has 0 saturated heterocycles. The Morgan fingerprint density at radius 1 is 0.920 bits per heavy atom. The summed E-state index contributed by atoms with van der Waals surface area (Å²) in [6.07, 6.45) is 10.9. The predicted octanol–water partition coefficient (Wildman–Crippen LogP) is 5.92. The van der Waals surface area contributed by atoms with Gasteiger partial charge in [-0.05, 0) is 48.6 Å². The van der Waals surface area contributed by atoms with Gasteiger partial charge in [-0.1, -0.05) is 43.9 Å². The molecule has 0 fully saturated rings. The molecule has 4 rings (SSSR count). The van der Waals surface area contributed by atoms with Gasteiger partial charge in [-0.3, -0.25) is 0 Å². The number of para-hydroxylation sites is 1. The predicted molar refractivity (Wildman–Crippen MR) is 104 cm³/mol. The Hall–Kier alpha value is -2.42. The quantitative estimate of drug-likeness (QED) is 0.517. The van der Waals surface area contributed by atoms with Gasteiger partial charge >= 0.3 is 0 Å². The second kappa shape index (κ2) is 7.22. The molecule has 2 heterocycles. The molecule has 1 unspecified atom stereocenters. The van der Waals surface area contributed by atoms with Gasteiger partial charge in [0.05, 0.1) is 6.04 Å². The lowest BCUT2D eigenvalue weighted by molar-refractivity contribution is 0.476. The van der Waals surface area contributed by atoms with Crippen LogP contribution in [0.15, 0.2) is 48.7 Å². The van der Waals surface area contributed by atoms with Crippen molar-refractivity contribution in [2.75, 3.05) is 5.32 Å². The van der Waals surface area contributed by atoms with Crippen LogP contribution in [0.5, 0.6) is 5.75 Å². The Bertz CT molecular complexity index is 852. The van der Waals surface area contributed by atoms with Crippen molar-refractivity contribution in [1.82, 2.24) is 4.98 Å². The lowest BCUT2D eigenvalue weighted by atomic mass is 9.99. The van der Waals surface area contributed by atoms with Crippen molar-refractivity contribution in [1.29, 1.82) is 0 Å². The molecule has 130 valence electrons. The number of aromatic nitrogens is 1. The highest BCUT2D eigenvalue weighted by Gasteiger charge is 2.18. The number of rotatable bonds is 1. The molecule has 0 bridgehead atoms. The van der Waals surface area contributed by atoms with Gasteiger partial charge in [0, 0.05) is 28.9 Å². The van der Waals surface area contributed by atoms with E-state index in [0.717, 1.165) is 18.4 Å². The molecule has 25 heavy (non-hydrogen) atoms. The molecule has 3 aromatic rings. The number of H-pyrrole nitrogens is 1. The second-order valence-corrected chi connectivity index (χ2v) is 7.13. The van der Waals surface area contributed by atoms with E-state index in [2.05, 4.69) is 40.8 Å². The van der Waals surface area contributed by atoms with Gasteiger partial charge < -0.3 is 15.4 Å². The van der Waals surface area contributed by atoms with Crippen LogP contribution >= 0.6 is 0 Å². The summed E-state index contributed by atoms with van der Waals surface area (Å²) in [7, 11) is 0. The van der Waals surface area contributed by atoms with Crippen LogP contribution in [-0.2, 0) is 6.42 Å². The van der Waals surface area contributed by atoms with E-state index in [1.165, 1.54) is 54.3 Å². The van der Waals surface area contributed by atoms with Crippen LogP contribution in [0.1, 0.15) is 55.7 Å². The Kier molecular flexibility index (Phi) is 4.64. The maximum Gasteiger partial charge on any atom is 0.117 e. The number of aryl methyl sites for hydroxylation is 1. The van der Waals surface area contributed by atoms with Gasteiger partial charge in [0.15, 0.2) is 0 Å². The van der Waals surface area contributed by atoms with E-state index in [9.17, 15) is 5.11 Å². The summed E-state index contributed by atoms with van der Waals surface area (Å²) in [5.74, 6) is 0.307. The van der Waals surface area contributed by atoms with Gasteiger partial charge in [0.1, 0.15) is 5.75 Å². The van der Waals surface area contributed by atoms with E-state index in [1.807, 2.05) is 6.07 Å². The van der Waals surface area contributed by atoms with Crippen molar-refractivity contribution < 1.29 is 5.11 Å². The van der Waals surface area contributed by atoms with Crippen LogP contribution in [-0.4, -0.2) is 10.1 Å². The van der Waals surface area contributed by atoms with Crippen molar-refractivity contribution in [3.8, 4) is 5.75 Å². The van der Waals surface area contributed by atoms with E-state index in [4.69, 9.17) is 0 Å². The van der Waals surface area contributed by atoms with Gasteiger partial charge in [-0.15, -0.1) is 0 Å². The largest absolute Gasteiger partial charge is 0.508 e. The number of fused-ring (bicyclic) bond motifs is 2. The third-order valence-corrected chi connectivity index (χ3v) is 5.36. The summed E-state index contributed by atoms with van der Waals surface area (Å²) >= 11 is 0. The molecule has 1 aliphatic rings. The van der Waals surface area contributed by atoms with E-state index in [0.29, 0.717) is 5.75 Å². The number of hydrogen-bond donors (Lipinski definition) is 3. The van der Waals surface area contributed by atoms with Crippen molar-refractivity contribution in [2.45, 2.75) is 51.0 Å². The van der Waals surface area contributed by atoms with E-state index in [1.54, 1.807) is 12.1 Å². The van der Waals surface area contributed by atoms with Crippen LogP contribution in [0.25, 0.3) is 10.9 Å². The first-order valence-corrected chi connectivity index (χ1v) is 9.46. The molecular formula is C22H26N2O.